The minimum Gasteiger partial charge on any atom is -0.372 e. The van der Waals surface area contributed by atoms with Crippen LogP contribution in [0.15, 0.2) is 23.7 Å². The van der Waals surface area contributed by atoms with Crippen molar-refractivity contribution in [3.63, 3.8) is 0 Å². The second-order valence-electron chi connectivity index (χ2n) is 3.97. The first-order chi connectivity index (χ1) is 8.00. The van der Waals surface area contributed by atoms with Gasteiger partial charge in [-0.2, -0.15) is 0 Å². The number of hydrogen-bond donors (Lipinski definition) is 0. The zero-order valence-corrected chi connectivity index (χ0v) is 9.66. The molecule has 1 aliphatic heterocycles. The van der Waals surface area contributed by atoms with Crippen LogP contribution in [0.3, 0.4) is 0 Å². The van der Waals surface area contributed by atoms with Gasteiger partial charge in [0, 0.05) is 13.1 Å². The van der Waals surface area contributed by atoms with Crippen LogP contribution in [0.1, 0.15) is 26.2 Å². The smallest absolute Gasteiger partial charge is 0.294 e. The minimum absolute atomic E-state index is 0.0607. The van der Waals surface area contributed by atoms with Crippen LogP contribution in [0.4, 0.5) is 0 Å². The normalized spacial score (nSPS) is 18.1. The van der Waals surface area contributed by atoms with Crippen molar-refractivity contribution in [1.29, 1.82) is 0 Å². The third kappa shape index (κ3) is 4.21. The zero-order valence-electron chi connectivity index (χ0n) is 9.66. The molecule has 0 spiro atoms. The molecule has 1 rings (SSSR count). The van der Waals surface area contributed by atoms with Crippen molar-refractivity contribution in [2.24, 2.45) is 0 Å². The second-order valence-corrected chi connectivity index (χ2v) is 3.97. The molecule has 94 valence electrons. The van der Waals surface area contributed by atoms with Crippen molar-refractivity contribution in [2.45, 2.75) is 26.2 Å². The number of nitrogens with zero attached hydrogens (tertiary/aromatic N) is 3. The van der Waals surface area contributed by atoms with Gasteiger partial charge in [-0.3, -0.25) is 20.2 Å². The first kappa shape index (κ1) is 13.1. The first-order valence-electron chi connectivity index (χ1n) is 5.43. The Morgan fingerprint density at radius 1 is 1.18 bits per heavy atom. The van der Waals surface area contributed by atoms with Crippen LogP contribution in [0.25, 0.3) is 0 Å². The van der Waals surface area contributed by atoms with Gasteiger partial charge in [0.1, 0.15) is 0 Å². The Kier molecular flexibility index (Phi) is 4.62. The Hall–Kier alpha value is -1.92. The van der Waals surface area contributed by atoms with E-state index >= 15 is 0 Å². The molecule has 7 nitrogen and oxygen atoms in total. The van der Waals surface area contributed by atoms with Crippen LogP contribution in [0, 0.1) is 20.2 Å². The summed E-state index contributed by atoms with van der Waals surface area (Å²) < 4.78 is 0. The third-order valence-corrected chi connectivity index (χ3v) is 2.60. The molecule has 17 heavy (non-hydrogen) atoms. The van der Waals surface area contributed by atoms with Gasteiger partial charge in [0.25, 0.3) is 5.70 Å². The molecule has 0 bridgehead atoms. The van der Waals surface area contributed by atoms with E-state index in [1.807, 2.05) is 4.90 Å². The van der Waals surface area contributed by atoms with Gasteiger partial charge in [0.15, 0.2) is 0 Å². The molecule has 0 amide bonds. The van der Waals surface area contributed by atoms with Crippen molar-refractivity contribution in [3.8, 4) is 0 Å². The molecule has 0 saturated carbocycles. The molecule has 0 unspecified atom stereocenters. The van der Waals surface area contributed by atoms with Crippen LogP contribution in [-0.2, 0) is 0 Å². The highest BCUT2D eigenvalue weighted by molar-refractivity contribution is 5.20. The fourth-order valence-corrected chi connectivity index (χ4v) is 1.74. The molecule has 0 aromatic heterocycles. The molecular formula is C10H15N3O4. The Morgan fingerprint density at radius 2 is 1.76 bits per heavy atom. The Morgan fingerprint density at radius 3 is 2.24 bits per heavy atom. The molecule has 0 radical (unpaired) electrons. The lowest BCUT2D eigenvalue weighted by atomic mass is 10.1. The third-order valence-electron chi connectivity index (χ3n) is 2.60. The number of piperidine rings is 1. The largest absolute Gasteiger partial charge is 0.372 e. The van der Waals surface area contributed by atoms with Gasteiger partial charge in [-0.05, 0) is 26.2 Å². The van der Waals surface area contributed by atoms with E-state index in [9.17, 15) is 20.2 Å². The summed E-state index contributed by atoms with van der Waals surface area (Å²) >= 11 is 0. The Bertz CT molecular complexity index is 370. The first-order valence-corrected chi connectivity index (χ1v) is 5.43. The van der Waals surface area contributed by atoms with E-state index in [1.165, 1.54) is 13.1 Å². The van der Waals surface area contributed by atoms with Gasteiger partial charge in [-0.1, -0.05) is 0 Å². The number of likely N-dealkylation sites (tertiary alicyclic amines) is 1. The molecule has 0 aromatic rings. The lowest BCUT2D eigenvalue weighted by Gasteiger charge is -2.24. The van der Waals surface area contributed by atoms with E-state index in [4.69, 9.17) is 0 Å². The summed E-state index contributed by atoms with van der Waals surface area (Å²) in [6.45, 7) is 2.91. The molecule has 1 heterocycles. The summed E-state index contributed by atoms with van der Waals surface area (Å²) in [5, 5.41) is 21.1. The van der Waals surface area contributed by atoms with Crippen LogP contribution in [0.5, 0.6) is 0 Å². The predicted molar refractivity (Wildman–Crippen MR) is 61.3 cm³/mol. The number of allylic oxidation sites excluding steroid dienone is 1. The molecule has 1 fully saturated rings. The van der Waals surface area contributed by atoms with Gasteiger partial charge >= 0.3 is 0 Å². The van der Waals surface area contributed by atoms with Gasteiger partial charge in [-0.15, -0.1) is 0 Å². The molecule has 0 atom stereocenters. The monoisotopic (exact) mass is 241 g/mol. The fourth-order valence-electron chi connectivity index (χ4n) is 1.74. The van der Waals surface area contributed by atoms with Gasteiger partial charge < -0.3 is 4.90 Å². The van der Waals surface area contributed by atoms with Gasteiger partial charge in [0.05, 0.1) is 21.6 Å². The van der Waals surface area contributed by atoms with Crippen LogP contribution in [-0.4, -0.2) is 27.8 Å². The number of rotatable bonds is 4. The second kappa shape index (κ2) is 5.97. The zero-order chi connectivity index (χ0) is 12.8. The summed E-state index contributed by atoms with van der Waals surface area (Å²) in [6, 6.07) is 0. The van der Waals surface area contributed by atoms with Crippen LogP contribution < -0.4 is 0 Å². The van der Waals surface area contributed by atoms with Crippen LogP contribution in [0.2, 0.25) is 0 Å². The quantitative estimate of drug-likeness (QED) is 0.425. The average Bonchev–Trinajstić information content (AvgIpc) is 2.25. The van der Waals surface area contributed by atoms with E-state index in [0.29, 0.717) is 6.20 Å². The predicted octanol–water partition coefficient (Wildman–Crippen LogP) is 1.77. The fraction of sp³-hybridized carbons (Fsp3) is 0.600. The summed E-state index contributed by atoms with van der Waals surface area (Å²) in [5.74, 6) is 0. The van der Waals surface area contributed by atoms with Gasteiger partial charge in [0.2, 0.25) is 6.20 Å². The van der Waals surface area contributed by atoms with Crippen molar-refractivity contribution in [3.05, 3.63) is 43.9 Å². The van der Waals surface area contributed by atoms with Crippen molar-refractivity contribution < 1.29 is 9.85 Å². The van der Waals surface area contributed by atoms with Crippen molar-refractivity contribution in [2.75, 3.05) is 13.1 Å². The summed E-state index contributed by atoms with van der Waals surface area (Å²) in [5.41, 5.74) is -0.144. The molecule has 0 N–H and O–H groups in total. The Balaban J connectivity index is 2.87. The van der Waals surface area contributed by atoms with Crippen molar-refractivity contribution in [1.82, 2.24) is 4.90 Å². The molecule has 0 aromatic carbocycles. The maximum absolute atomic E-state index is 10.8. The number of hydrogen-bond acceptors (Lipinski definition) is 5. The number of nitro groups is 2. The maximum Gasteiger partial charge on any atom is 0.294 e. The van der Waals surface area contributed by atoms with E-state index in [-0.39, 0.29) is 11.3 Å². The highest BCUT2D eigenvalue weighted by Gasteiger charge is 2.19. The average molecular weight is 241 g/mol. The lowest BCUT2D eigenvalue weighted by Crippen LogP contribution is -2.25. The Labute approximate surface area is 98.7 Å². The van der Waals surface area contributed by atoms with Crippen molar-refractivity contribution >= 4 is 0 Å². The summed E-state index contributed by atoms with van der Waals surface area (Å²) in [6.07, 6.45) is 5.20. The summed E-state index contributed by atoms with van der Waals surface area (Å²) in [7, 11) is 0. The molecule has 1 aliphatic rings. The summed E-state index contributed by atoms with van der Waals surface area (Å²) in [4.78, 5) is 21.7. The molecule has 1 saturated heterocycles. The lowest BCUT2D eigenvalue weighted by molar-refractivity contribution is -0.427. The minimum atomic E-state index is -0.678. The molecule has 0 aliphatic carbocycles. The van der Waals surface area contributed by atoms with Gasteiger partial charge in [-0.25, -0.2) is 0 Å². The topological polar surface area (TPSA) is 89.5 Å². The van der Waals surface area contributed by atoms with E-state index in [0.717, 1.165) is 32.4 Å². The maximum atomic E-state index is 10.8. The van der Waals surface area contributed by atoms with E-state index in [2.05, 4.69) is 0 Å². The van der Waals surface area contributed by atoms with E-state index < -0.39 is 9.85 Å². The molecule has 7 heteroatoms. The SMILES string of the molecule is CC(=C[N+](=O)[O-])C(=CN1CCCCC1)[N+](=O)[O-]. The van der Waals surface area contributed by atoms with Crippen LogP contribution >= 0.6 is 0 Å². The highest BCUT2D eigenvalue weighted by atomic mass is 16.6. The standard InChI is InChI=1S/C10H15N3O4/c1-9(7-12(14)15)10(13(16)17)8-11-5-3-2-4-6-11/h7-8H,2-6H2,1H3. The highest BCUT2D eigenvalue weighted by Crippen LogP contribution is 2.15. The molecular weight excluding hydrogens is 226 g/mol. The van der Waals surface area contributed by atoms with E-state index in [1.54, 1.807) is 0 Å².